The number of nitrogens with one attached hydrogen (secondary N) is 2. The highest BCUT2D eigenvalue weighted by Crippen LogP contribution is 2.17. The summed E-state index contributed by atoms with van der Waals surface area (Å²) >= 11 is 0. The van der Waals surface area contributed by atoms with Crippen molar-refractivity contribution in [2.75, 3.05) is 25.0 Å². The van der Waals surface area contributed by atoms with Crippen molar-refractivity contribution in [1.29, 1.82) is 0 Å². The van der Waals surface area contributed by atoms with Gasteiger partial charge in [-0.15, -0.1) is 0 Å². The van der Waals surface area contributed by atoms with Crippen molar-refractivity contribution in [2.45, 2.75) is 26.7 Å². The second kappa shape index (κ2) is 6.26. The molecule has 7 heteroatoms. The number of rotatable bonds is 4. The Kier molecular flexibility index (Phi) is 4.62. The molecule has 1 aliphatic rings. The Labute approximate surface area is 124 Å². The summed E-state index contributed by atoms with van der Waals surface area (Å²) in [5, 5.41) is 7.21. The normalized spacial score (nSPS) is 22.0. The molecule has 116 valence electrons. The third-order valence-electron chi connectivity index (χ3n) is 4.20. The van der Waals surface area contributed by atoms with E-state index in [1.807, 2.05) is 20.9 Å². The number of aryl methyl sites for hydroxylation is 2. The zero-order valence-corrected chi connectivity index (χ0v) is 12.9. The van der Waals surface area contributed by atoms with Crippen LogP contribution in [0.1, 0.15) is 24.2 Å². The van der Waals surface area contributed by atoms with Crippen LogP contribution < -0.4 is 16.0 Å². The van der Waals surface area contributed by atoms with Gasteiger partial charge in [-0.1, -0.05) is 0 Å². The van der Waals surface area contributed by atoms with Crippen LogP contribution in [0.15, 0.2) is 0 Å². The van der Waals surface area contributed by atoms with Crippen molar-refractivity contribution in [3.05, 3.63) is 11.4 Å². The van der Waals surface area contributed by atoms with E-state index in [4.69, 9.17) is 5.73 Å². The number of piperidine rings is 1. The number of quaternary nitrogens is 1. The lowest BCUT2D eigenvalue weighted by Gasteiger charge is -2.27. The molecule has 2 heterocycles. The third kappa shape index (κ3) is 3.60. The summed E-state index contributed by atoms with van der Waals surface area (Å²) in [5.41, 5.74) is 7.89. The average molecular weight is 294 g/mol. The lowest BCUT2D eigenvalue weighted by Crippen LogP contribution is -3.14. The summed E-state index contributed by atoms with van der Waals surface area (Å²) in [6.45, 7) is 5.71. The molecule has 1 aliphatic heterocycles. The third-order valence-corrected chi connectivity index (χ3v) is 4.20. The quantitative estimate of drug-likeness (QED) is 0.648. The minimum atomic E-state index is -0.258. The number of carbonyl (C=O) groups excluding carboxylic acids is 2. The lowest BCUT2D eigenvalue weighted by atomic mass is 9.97. The number of nitrogens with two attached hydrogens (primary N) is 1. The van der Waals surface area contributed by atoms with Crippen LogP contribution in [0.2, 0.25) is 0 Å². The zero-order valence-electron chi connectivity index (χ0n) is 12.9. The number of aromatic nitrogens is 2. The molecule has 21 heavy (non-hydrogen) atoms. The largest absolute Gasteiger partial charge is 0.369 e. The smallest absolute Gasteiger partial charge is 0.279 e. The van der Waals surface area contributed by atoms with E-state index >= 15 is 0 Å². The first-order valence-corrected chi connectivity index (χ1v) is 7.31. The molecule has 1 saturated heterocycles. The van der Waals surface area contributed by atoms with E-state index in [1.165, 1.54) is 0 Å². The molecule has 1 aromatic rings. The maximum absolute atomic E-state index is 12.2. The van der Waals surface area contributed by atoms with Crippen LogP contribution in [0, 0.1) is 19.8 Å². The Bertz CT molecular complexity index is 552. The molecule has 0 aromatic carbocycles. The van der Waals surface area contributed by atoms with Crippen molar-refractivity contribution in [1.82, 2.24) is 9.78 Å². The predicted octanol–water partition coefficient (Wildman–Crippen LogP) is -1.24. The standard InChI is InChI=1S/C14H23N5O2/c1-9-13(10(2)18(3)17-9)16-12(20)8-19-6-4-5-11(7-19)14(15)21/h11H,4-8H2,1-3H3,(H2,15,21)(H,16,20)/p+1/t11-/m0/s1. The number of amides is 2. The first-order chi connectivity index (χ1) is 9.88. The summed E-state index contributed by atoms with van der Waals surface area (Å²) in [7, 11) is 1.85. The molecule has 1 aromatic heterocycles. The van der Waals surface area contributed by atoms with E-state index < -0.39 is 0 Å². The van der Waals surface area contributed by atoms with Crippen LogP contribution in [-0.4, -0.2) is 41.2 Å². The van der Waals surface area contributed by atoms with Gasteiger partial charge in [0.25, 0.3) is 5.91 Å². The molecule has 1 fully saturated rings. The number of nitrogens with zero attached hydrogens (tertiary/aromatic N) is 2. The van der Waals surface area contributed by atoms with Crippen LogP contribution in [0.25, 0.3) is 0 Å². The minimum Gasteiger partial charge on any atom is -0.369 e. The Balaban J connectivity index is 1.94. The molecule has 0 bridgehead atoms. The molecular weight excluding hydrogens is 270 g/mol. The van der Waals surface area contributed by atoms with E-state index in [-0.39, 0.29) is 17.7 Å². The van der Waals surface area contributed by atoms with Crippen molar-refractivity contribution >= 4 is 17.5 Å². The molecule has 2 atom stereocenters. The van der Waals surface area contributed by atoms with Gasteiger partial charge >= 0.3 is 0 Å². The van der Waals surface area contributed by atoms with Gasteiger partial charge in [-0.05, 0) is 26.7 Å². The highest BCUT2D eigenvalue weighted by Gasteiger charge is 2.28. The Hall–Kier alpha value is -1.89. The highest BCUT2D eigenvalue weighted by atomic mass is 16.2. The van der Waals surface area contributed by atoms with Gasteiger partial charge in [0.15, 0.2) is 6.54 Å². The van der Waals surface area contributed by atoms with E-state index in [9.17, 15) is 9.59 Å². The predicted molar refractivity (Wildman–Crippen MR) is 78.8 cm³/mol. The number of carbonyl (C=O) groups is 2. The number of hydrogen-bond acceptors (Lipinski definition) is 3. The summed E-state index contributed by atoms with van der Waals surface area (Å²) < 4.78 is 1.75. The van der Waals surface area contributed by atoms with Crippen molar-refractivity contribution in [3.8, 4) is 0 Å². The van der Waals surface area contributed by atoms with Gasteiger partial charge in [0, 0.05) is 7.05 Å². The number of likely N-dealkylation sites (tertiary alicyclic amines) is 1. The van der Waals surface area contributed by atoms with E-state index in [2.05, 4.69) is 10.4 Å². The lowest BCUT2D eigenvalue weighted by molar-refractivity contribution is -0.899. The maximum atomic E-state index is 12.2. The molecule has 0 aliphatic carbocycles. The summed E-state index contributed by atoms with van der Waals surface area (Å²) in [6.07, 6.45) is 1.77. The van der Waals surface area contributed by atoms with Crippen LogP contribution in [0.4, 0.5) is 5.69 Å². The van der Waals surface area contributed by atoms with Crippen molar-refractivity contribution < 1.29 is 14.5 Å². The Morgan fingerprint density at radius 3 is 2.76 bits per heavy atom. The van der Waals surface area contributed by atoms with Crippen LogP contribution in [-0.2, 0) is 16.6 Å². The SMILES string of the molecule is Cc1nn(C)c(C)c1NC(=O)C[NH+]1CCC[C@H](C(N)=O)C1. The molecule has 4 N–H and O–H groups in total. The molecule has 0 spiro atoms. The van der Waals surface area contributed by atoms with Gasteiger partial charge in [0.2, 0.25) is 5.91 Å². The topological polar surface area (TPSA) is 94.4 Å². The first kappa shape index (κ1) is 15.5. The highest BCUT2D eigenvalue weighted by molar-refractivity contribution is 5.92. The fourth-order valence-corrected chi connectivity index (χ4v) is 2.92. The Morgan fingerprint density at radius 1 is 1.48 bits per heavy atom. The molecule has 0 radical (unpaired) electrons. The van der Waals surface area contributed by atoms with Gasteiger partial charge in [0.1, 0.15) is 0 Å². The molecule has 7 nitrogen and oxygen atoms in total. The van der Waals surface area contributed by atoms with E-state index in [0.29, 0.717) is 13.1 Å². The average Bonchev–Trinajstić information content (AvgIpc) is 2.65. The summed E-state index contributed by atoms with van der Waals surface area (Å²) in [6, 6.07) is 0. The summed E-state index contributed by atoms with van der Waals surface area (Å²) in [4.78, 5) is 24.6. The van der Waals surface area contributed by atoms with E-state index in [0.717, 1.165) is 41.4 Å². The summed E-state index contributed by atoms with van der Waals surface area (Å²) in [5.74, 6) is -0.413. The Morgan fingerprint density at radius 2 is 2.19 bits per heavy atom. The monoisotopic (exact) mass is 294 g/mol. The van der Waals surface area contributed by atoms with Gasteiger partial charge in [-0.3, -0.25) is 14.3 Å². The van der Waals surface area contributed by atoms with Crippen LogP contribution >= 0.6 is 0 Å². The van der Waals surface area contributed by atoms with Gasteiger partial charge < -0.3 is 16.0 Å². The molecule has 1 unspecified atom stereocenters. The van der Waals surface area contributed by atoms with Gasteiger partial charge in [-0.2, -0.15) is 5.10 Å². The van der Waals surface area contributed by atoms with Crippen LogP contribution in [0.3, 0.4) is 0 Å². The molecule has 2 rings (SSSR count). The van der Waals surface area contributed by atoms with Gasteiger partial charge in [0.05, 0.1) is 36.1 Å². The molecular formula is C14H24N5O2+. The molecule has 0 saturated carbocycles. The fraction of sp³-hybridized carbons (Fsp3) is 0.643. The molecule has 2 amide bonds. The van der Waals surface area contributed by atoms with Gasteiger partial charge in [-0.25, -0.2) is 0 Å². The number of primary amides is 1. The number of hydrogen-bond donors (Lipinski definition) is 3. The maximum Gasteiger partial charge on any atom is 0.279 e. The zero-order chi connectivity index (χ0) is 15.6. The van der Waals surface area contributed by atoms with Crippen LogP contribution in [0.5, 0.6) is 0 Å². The number of anilines is 1. The van der Waals surface area contributed by atoms with Crippen molar-refractivity contribution in [2.24, 2.45) is 18.7 Å². The second-order valence-electron chi connectivity index (χ2n) is 5.84. The first-order valence-electron chi connectivity index (χ1n) is 7.31. The fourth-order valence-electron chi connectivity index (χ4n) is 2.92. The second-order valence-corrected chi connectivity index (χ2v) is 5.84. The van der Waals surface area contributed by atoms with E-state index in [1.54, 1.807) is 4.68 Å². The minimum absolute atomic E-state index is 0.0469. The van der Waals surface area contributed by atoms with Crippen molar-refractivity contribution in [3.63, 3.8) is 0 Å².